The van der Waals surface area contributed by atoms with Crippen molar-refractivity contribution in [3.63, 3.8) is 0 Å². The molecule has 1 aliphatic heterocycles. The first-order valence-electron chi connectivity index (χ1n) is 5.64. The number of hydrogen-bond donors (Lipinski definition) is 0. The summed E-state index contributed by atoms with van der Waals surface area (Å²) in [5.41, 5.74) is -0.0535. The summed E-state index contributed by atoms with van der Waals surface area (Å²) in [6.45, 7) is 0.500. The monoisotopic (exact) mass is 267 g/mol. The van der Waals surface area contributed by atoms with E-state index in [1.54, 1.807) is 0 Å². The van der Waals surface area contributed by atoms with Crippen molar-refractivity contribution in [2.75, 3.05) is 6.61 Å². The standard InChI is InChI=1S/C13H11ClFNO2/c14-9-3-1-4-10(15)12(9)8(7-16)13(17)11-5-2-6-18-11/h1,3-4,8,11H,2,5-6H2. The molecule has 2 rings (SSSR count). The van der Waals surface area contributed by atoms with Crippen LogP contribution in [-0.2, 0) is 9.53 Å². The Hall–Kier alpha value is -1.44. The highest BCUT2D eigenvalue weighted by Gasteiger charge is 2.33. The van der Waals surface area contributed by atoms with Crippen LogP contribution in [0, 0.1) is 17.1 Å². The average Bonchev–Trinajstić information content (AvgIpc) is 2.87. The SMILES string of the molecule is N#CC(C(=O)C1CCCO1)c1c(F)cccc1Cl. The third kappa shape index (κ3) is 2.38. The van der Waals surface area contributed by atoms with Crippen LogP contribution in [0.15, 0.2) is 18.2 Å². The molecule has 2 atom stereocenters. The van der Waals surface area contributed by atoms with Crippen LogP contribution in [0.5, 0.6) is 0 Å². The molecule has 1 aromatic carbocycles. The lowest BCUT2D eigenvalue weighted by molar-refractivity contribution is -0.128. The number of carbonyl (C=O) groups excluding carboxylic acids is 1. The van der Waals surface area contributed by atoms with Gasteiger partial charge in [0.25, 0.3) is 0 Å². The maximum absolute atomic E-state index is 13.7. The average molecular weight is 268 g/mol. The molecule has 18 heavy (non-hydrogen) atoms. The third-order valence-corrected chi connectivity index (χ3v) is 3.28. The Kier molecular flexibility index (Phi) is 3.95. The van der Waals surface area contributed by atoms with Gasteiger partial charge in [-0.15, -0.1) is 0 Å². The lowest BCUT2D eigenvalue weighted by atomic mass is 9.91. The molecule has 2 unspecified atom stereocenters. The summed E-state index contributed by atoms with van der Waals surface area (Å²) >= 11 is 5.87. The summed E-state index contributed by atoms with van der Waals surface area (Å²) < 4.78 is 18.9. The van der Waals surface area contributed by atoms with E-state index in [2.05, 4.69) is 0 Å². The van der Waals surface area contributed by atoms with Gasteiger partial charge in [0.1, 0.15) is 17.8 Å². The van der Waals surface area contributed by atoms with E-state index in [9.17, 15) is 9.18 Å². The largest absolute Gasteiger partial charge is 0.370 e. The molecule has 1 aliphatic rings. The van der Waals surface area contributed by atoms with Crippen molar-refractivity contribution in [1.82, 2.24) is 0 Å². The van der Waals surface area contributed by atoms with Gasteiger partial charge in [-0.1, -0.05) is 17.7 Å². The van der Waals surface area contributed by atoms with Gasteiger partial charge in [-0.25, -0.2) is 4.39 Å². The molecule has 1 aromatic rings. The molecule has 0 saturated carbocycles. The molecule has 94 valence electrons. The molecule has 0 amide bonds. The Morgan fingerprint density at radius 1 is 1.61 bits per heavy atom. The lowest BCUT2D eigenvalue weighted by Crippen LogP contribution is -2.26. The molecule has 0 bridgehead atoms. The van der Waals surface area contributed by atoms with Gasteiger partial charge in [-0.2, -0.15) is 5.26 Å². The second kappa shape index (κ2) is 5.47. The molecule has 0 aliphatic carbocycles. The van der Waals surface area contributed by atoms with Crippen LogP contribution in [0.2, 0.25) is 5.02 Å². The van der Waals surface area contributed by atoms with Crippen molar-refractivity contribution < 1.29 is 13.9 Å². The Morgan fingerprint density at radius 2 is 2.39 bits per heavy atom. The number of ketones is 1. The van der Waals surface area contributed by atoms with Crippen LogP contribution in [0.3, 0.4) is 0 Å². The normalized spacial score (nSPS) is 20.4. The first-order valence-corrected chi connectivity index (χ1v) is 6.02. The van der Waals surface area contributed by atoms with Crippen molar-refractivity contribution in [2.45, 2.75) is 24.9 Å². The van der Waals surface area contributed by atoms with E-state index >= 15 is 0 Å². The number of halogens is 2. The van der Waals surface area contributed by atoms with Crippen molar-refractivity contribution in [3.8, 4) is 6.07 Å². The maximum atomic E-state index is 13.7. The van der Waals surface area contributed by atoms with Crippen molar-refractivity contribution in [1.29, 1.82) is 5.26 Å². The topological polar surface area (TPSA) is 50.1 Å². The number of benzene rings is 1. The molecule has 1 fully saturated rings. The number of nitrogens with zero attached hydrogens (tertiary/aromatic N) is 1. The zero-order chi connectivity index (χ0) is 13.1. The smallest absolute Gasteiger partial charge is 0.183 e. The van der Waals surface area contributed by atoms with Crippen LogP contribution >= 0.6 is 11.6 Å². The molecule has 0 aromatic heterocycles. The van der Waals surface area contributed by atoms with Gasteiger partial charge in [0.15, 0.2) is 5.78 Å². The quantitative estimate of drug-likeness (QED) is 0.846. The number of hydrogen-bond acceptors (Lipinski definition) is 3. The molecule has 1 heterocycles. The summed E-state index contributed by atoms with van der Waals surface area (Å²) in [7, 11) is 0. The number of carbonyl (C=O) groups is 1. The summed E-state index contributed by atoms with van der Waals surface area (Å²) in [6, 6.07) is 5.91. The fraction of sp³-hybridized carbons (Fsp3) is 0.385. The predicted octanol–water partition coefficient (Wildman–Crippen LogP) is 2.83. The molecular formula is C13H11ClFNO2. The van der Waals surface area contributed by atoms with Gasteiger partial charge in [0.2, 0.25) is 0 Å². The molecule has 3 nitrogen and oxygen atoms in total. The van der Waals surface area contributed by atoms with E-state index in [-0.39, 0.29) is 10.6 Å². The first-order chi connectivity index (χ1) is 8.65. The number of rotatable bonds is 3. The zero-order valence-corrected chi connectivity index (χ0v) is 10.3. The third-order valence-electron chi connectivity index (χ3n) is 2.95. The van der Waals surface area contributed by atoms with Gasteiger partial charge >= 0.3 is 0 Å². The zero-order valence-electron chi connectivity index (χ0n) is 9.53. The van der Waals surface area contributed by atoms with Crippen LogP contribution in [0.25, 0.3) is 0 Å². The highest BCUT2D eigenvalue weighted by Crippen LogP contribution is 2.30. The van der Waals surface area contributed by atoms with Crippen molar-refractivity contribution in [3.05, 3.63) is 34.6 Å². The summed E-state index contributed by atoms with van der Waals surface area (Å²) in [4.78, 5) is 12.1. The minimum absolute atomic E-state index is 0.0535. The van der Waals surface area contributed by atoms with Crippen LogP contribution in [0.4, 0.5) is 4.39 Å². The molecule has 0 spiro atoms. The van der Waals surface area contributed by atoms with Gasteiger partial charge in [-0.05, 0) is 25.0 Å². The highest BCUT2D eigenvalue weighted by atomic mass is 35.5. The highest BCUT2D eigenvalue weighted by molar-refractivity contribution is 6.31. The number of ether oxygens (including phenoxy) is 1. The number of Topliss-reactive ketones (excluding diaryl/α,β-unsaturated/α-hetero) is 1. The van der Waals surface area contributed by atoms with Gasteiger partial charge in [0, 0.05) is 17.2 Å². The minimum Gasteiger partial charge on any atom is -0.370 e. The Labute approximate surface area is 109 Å². The first kappa shape index (κ1) is 13.0. The van der Waals surface area contributed by atoms with E-state index in [1.807, 2.05) is 6.07 Å². The van der Waals surface area contributed by atoms with E-state index in [4.69, 9.17) is 21.6 Å². The van der Waals surface area contributed by atoms with Crippen LogP contribution < -0.4 is 0 Å². The fourth-order valence-electron chi connectivity index (χ4n) is 2.04. The fourth-order valence-corrected chi connectivity index (χ4v) is 2.32. The van der Waals surface area contributed by atoms with Gasteiger partial charge in [0.05, 0.1) is 6.07 Å². The van der Waals surface area contributed by atoms with E-state index < -0.39 is 23.6 Å². The van der Waals surface area contributed by atoms with Gasteiger partial charge < -0.3 is 4.74 Å². The molecule has 0 radical (unpaired) electrons. The van der Waals surface area contributed by atoms with Crippen LogP contribution in [0.1, 0.15) is 24.3 Å². The molecular weight excluding hydrogens is 257 g/mol. The molecule has 1 saturated heterocycles. The minimum atomic E-state index is -1.21. The Morgan fingerprint density at radius 3 is 2.94 bits per heavy atom. The number of nitriles is 1. The van der Waals surface area contributed by atoms with Crippen molar-refractivity contribution >= 4 is 17.4 Å². The van der Waals surface area contributed by atoms with E-state index in [1.165, 1.54) is 18.2 Å². The van der Waals surface area contributed by atoms with Gasteiger partial charge in [-0.3, -0.25) is 4.79 Å². The van der Waals surface area contributed by atoms with Crippen LogP contribution in [-0.4, -0.2) is 18.5 Å². The Bertz CT molecular complexity index is 486. The van der Waals surface area contributed by atoms with E-state index in [0.29, 0.717) is 13.0 Å². The molecule has 0 N–H and O–H groups in total. The second-order valence-electron chi connectivity index (χ2n) is 4.10. The van der Waals surface area contributed by atoms with Crippen molar-refractivity contribution in [2.24, 2.45) is 0 Å². The maximum Gasteiger partial charge on any atom is 0.183 e. The lowest BCUT2D eigenvalue weighted by Gasteiger charge is -2.15. The summed E-state index contributed by atoms with van der Waals surface area (Å²) in [5, 5.41) is 9.20. The second-order valence-corrected chi connectivity index (χ2v) is 4.51. The Balaban J connectivity index is 2.34. The molecule has 5 heteroatoms. The summed E-state index contributed by atoms with van der Waals surface area (Å²) in [5.74, 6) is -2.26. The van der Waals surface area contributed by atoms with E-state index in [0.717, 1.165) is 6.42 Å². The summed E-state index contributed by atoms with van der Waals surface area (Å²) in [6.07, 6.45) is 0.730. The predicted molar refractivity (Wildman–Crippen MR) is 63.7 cm³/mol.